The topological polar surface area (TPSA) is 98.8 Å². The van der Waals surface area contributed by atoms with Crippen LogP contribution in [0, 0.1) is 20.8 Å². The van der Waals surface area contributed by atoms with Crippen molar-refractivity contribution in [3.63, 3.8) is 0 Å². The summed E-state index contributed by atoms with van der Waals surface area (Å²) in [6.45, 7) is 8.35. The minimum absolute atomic E-state index is 0.00873. The number of nitrogens with zero attached hydrogens (tertiary/aromatic N) is 2. The van der Waals surface area contributed by atoms with Gasteiger partial charge in [0.1, 0.15) is 0 Å². The van der Waals surface area contributed by atoms with Crippen LogP contribution in [0.4, 0.5) is 17.1 Å². The average molecular weight is 549 g/mol. The Hall–Kier alpha value is -2.79. The van der Waals surface area contributed by atoms with Crippen LogP contribution in [0.3, 0.4) is 0 Å². The molecule has 0 spiro atoms. The third kappa shape index (κ3) is 5.31. The Balaban J connectivity index is 1.81. The van der Waals surface area contributed by atoms with Crippen LogP contribution in [0.25, 0.3) is 0 Å². The molecule has 1 saturated heterocycles. The predicted molar refractivity (Wildman–Crippen MR) is 145 cm³/mol. The van der Waals surface area contributed by atoms with Gasteiger partial charge in [-0.05, 0) is 62.2 Å². The fourth-order valence-electron chi connectivity index (χ4n) is 4.47. The lowest BCUT2D eigenvalue weighted by atomic mass is 10.1. The number of benzene rings is 3. The van der Waals surface area contributed by atoms with Crippen molar-refractivity contribution in [2.24, 2.45) is 0 Å². The Morgan fingerprint density at radius 2 is 1.50 bits per heavy atom. The van der Waals surface area contributed by atoms with Gasteiger partial charge in [-0.3, -0.25) is 4.72 Å². The van der Waals surface area contributed by atoms with E-state index in [0.717, 1.165) is 37.4 Å². The van der Waals surface area contributed by atoms with E-state index in [1.807, 2.05) is 6.92 Å². The number of nitrogens with one attached hydrogen (secondary N) is 2. The maximum Gasteiger partial charge on any atom is 0.278 e. The van der Waals surface area contributed by atoms with Gasteiger partial charge in [0.15, 0.2) is 0 Å². The molecule has 3 aromatic rings. The molecule has 1 aliphatic heterocycles. The number of halogens is 1. The van der Waals surface area contributed by atoms with Gasteiger partial charge >= 0.3 is 0 Å². The largest absolute Gasteiger partial charge is 0.369 e. The second kappa shape index (κ2) is 10.3. The SMILES string of the molecule is Cc1cc(C)c(S(=O)(=O)N(Cl)c2ccc(N3CCNCC3)cc2NS(=O)(=O)c2ccccc2)c(C)c1. The Bertz CT molecular complexity index is 1450. The van der Waals surface area contributed by atoms with E-state index in [4.69, 9.17) is 11.8 Å². The molecule has 0 amide bonds. The van der Waals surface area contributed by atoms with Gasteiger partial charge in [-0.25, -0.2) is 8.42 Å². The molecule has 36 heavy (non-hydrogen) atoms. The summed E-state index contributed by atoms with van der Waals surface area (Å²) < 4.78 is 56.9. The molecule has 3 aromatic carbocycles. The molecule has 0 radical (unpaired) electrons. The first kappa shape index (κ1) is 26.3. The molecule has 4 rings (SSSR count). The summed E-state index contributed by atoms with van der Waals surface area (Å²) in [5.74, 6) is 0. The van der Waals surface area contributed by atoms with Gasteiger partial charge < -0.3 is 10.2 Å². The summed E-state index contributed by atoms with van der Waals surface area (Å²) in [7, 11) is -8.22. The summed E-state index contributed by atoms with van der Waals surface area (Å²) in [5.41, 5.74) is 2.88. The highest BCUT2D eigenvalue weighted by molar-refractivity contribution is 7.94. The molecule has 0 bridgehead atoms. The standard InChI is InChI=1S/C25H29ClN4O4S2/c1-18-15-19(2)25(20(3)16-18)36(33,34)30(26)24-10-9-21(29-13-11-27-12-14-29)17-23(24)28-35(31,32)22-7-5-4-6-8-22/h4-10,15-17,27-28H,11-14H2,1-3H3. The highest BCUT2D eigenvalue weighted by atomic mass is 35.5. The van der Waals surface area contributed by atoms with E-state index in [2.05, 4.69) is 14.9 Å². The second-order valence-electron chi connectivity index (χ2n) is 8.80. The average Bonchev–Trinajstić information content (AvgIpc) is 2.83. The zero-order valence-electron chi connectivity index (χ0n) is 20.3. The van der Waals surface area contributed by atoms with Gasteiger partial charge in [-0.2, -0.15) is 12.2 Å². The van der Waals surface area contributed by atoms with Crippen LogP contribution < -0.4 is 18.8 Å². The fraction of sp³-hybridized carbons (Fsp3) is 0.280. The first-order valence-electron chi connectivity index (χ1n) is 11.5. The molecule has 0 unspecified atom stereocenters. The molecule has 1 fully saturated rings. The van der Waals surface area contributed by atoms with Gasteiger partial charge in [0, 0.05) is 43.6 Å². The summed E-state index contributed by atoms with van der Waals surface area (Å²) in [6, 6.07) is 16.4. The molecule has 1 heterocycles. The lowest BCUT2D eigenvalue weighted by molar-refractivity contribution is 0.589. The third-order valence-electron chi connectivity index (χ3n) is 6.02. The molecular weight excluding hydrogens is 520 g/mol. The lowest BCUT2D eigenvalue weighted by Gasteiger charge is -2.30. The Morgan fingerprint density at radius 3 is 2.11 bits per heavy atom. The van der Waals surface area contributed by atoms with Crippen LogP contribution in [0.15, 0.2) is 70.5 Å². The van der Waals surface area contributed by atoms with Crippen molar-refractivity contribution < 1.29 is 16.8 Å². The summed E-state index contributed by atoms with van der Waals surface area (Å²) in [5, 5.41) is 3.28. The summed E-state index contributed by atoms with van der Waals surface area (Å²) in [6.07, 6.45) is 0. The fourth-order valence-corrected chi connectivity index (χ4v) is 7.42. The Kier molecular flexibility index (Phi) is 7.51. The molecular formula is C25H29ClN4O4S2. The number of aryl methyl sites for hydroxylation is 3. The maximum atomic E-state index is 13.7. The third-order valence-corrected chi connectivity index (χ3v) is 9.91. The van der Waals surface area contributed by atoms with Crippen LogP contribution in [-0.2, 0) is 20.0 Å². The van der Waals surface area contributed by atoms with Crippen molar-refractivity contribution >= 4 is 48.9 Å². The highest BCUT2D eigenvalue weighted by Crippen LogP contribution is 2.38. The van der Waals surface area contributed by atoms with Crippen LogP contribution in [0.1, 0.15) is 16.7 Å². The van der Waals surface area contributed by atoms with Crippen LogP contribution in [-0.4, -0.2) is 43.0 Å². The van der Waals surface area contributed by atoms with Crippen molar-refractivity contribution in [1.29, 1.82) is 0 Å². The smallest absolute Gasteiger partial charge is 0.278 e. The van der Waals surface area contributed by atoms with Gasteiger partial charge in [-0.1, -0.05) is 35.9 Å². The second-order valence-corrected chi connectivity index (χ2v) is 12.7. The maximum absolute atomic E-state index is 13.7. The molecule has 11 heteroatoms. The zero-order chi connectivity index (χ0) is 26.1. The molecule has 0 aliphatic carbocycles. The van der Waals surface area contributed by atoms with Crippen LogP contribution >= 0.6 is 11.8 Å². The van der Waals surface area contributed by atoms with Gasteiger partial charge in [0.2, 0.25) is 0 Å². The minimum atomic E-state index is -4.21. The van der Waals surface area contributed by atoms with Crippen molar-refractivity contribution in [1.82, 2.24) is 5.32 Å². The van der Waals surface area contributed by atoms with E-state index in [1.165, 1.54) is 18.2 Å². The number of anilines is 3. The zero-order valence-corrected chi connectivity index (χ0v) is 22.7. The van der Waals surface area contributed by atoms with Gasteiger partial charge in [0.05, 0.1) is 21.2 Å². The lowest BCUT2D eigenvalue weighted by Crippen LogP contribution is -2.43. The minimum Gasteiger partial charge on any atom is -0.369 e. The van der Waals surface area contributed by atoms with E-state index >= 15 is 0 Å². The first-order valence-corrected chi connectivity index (χ1v) is 14.7. The number of hydrogen-bond donors (Lipinski definition) is 2. The summed E-state index contributed by atoms with van der Waals surface area (Å²) >= 11 is 6.52. The molecule has 1 aliphatic rings. The van der Waals surface area contributed by atoms with E-state index in [0.29, 0.717) is 15.0 Å². The molecule has 2 N–H and O–H groups in total. The highest BCUT2D eigenvalue weighted by Gasteiger charge is 2.30. The quantitative estimate of drug-likeness (QED) is 0.430. The molecule has 0 atom stereocenters. The molecule has 8 nitrogen and oxygen atoms in total. The van der Waals surface area contributed by atoms with Gasteiger partial charge in [0.25, 0.3) is 20.0 Å². The molecule has 192 valence electrons. The van der Waals surface area contributed by atoms with Gasteiger partial charge in [-0.15, -0.1) is 0 Å². The number of hydrogen-bond acceptors (Lipinski definition) is 6. The van der Waals surface area contributed by atoms with Crippen LogP contribution in [0.2, 0.25) is 0 Å². The predicted octanol–water partition coefficient (Wildman–Crippen LogP) is 4.17. The van der Waals surface area contributed by atoms with Crippen molar-refractivity contribution in [3.8, 4) is 0 Å². The van der Waals surface area contributed by atoms with Crippen molar-refractivity contribution in [3.05, 3.63) is 77.4 Å². The molecule has 0 aromatic heterocycles. The monoisotopic (exact) mass is 548 g/mol. The Morgan fingerprint density at radius 1 is 0.889 bits per heavy atom. The normalized spacial score (nSPS) is 14.5. The van der Waals surface area contributed by atoms with E-state index < -0.39 is 20.0 Å². The summed E-state index contributed by atoms with van der Waals surface area (Å²) in [4.78, 5) is 2.24. The van der Waals surface area contributed by atoms with Crippen molar-refractivity contribution in [2.45, 2.75) is 30.6 Å². The molecule has 0 saturated carbocycles. The first-order chi connectivity index (χ1) is 17.0. The van der Waals surface area contributed by atoms with E-state index in [9.17, 15) is 16.8 Å². The van der Waals surface area contributed by atoms with Crippen LogP contribution in [0.5, 0.6) is 0 Å². The number of rotatable bonds is 7. The van der Waals surface area contributed by atoms with E-state index in [1.54, 1.807) is 56.3 Å². The number of piperazine rings is 1. The number of sulfonamides is 2. The van der Waals surface area contributed by atoms with Crippen molar-refractivity contribution in [2.75, 3.05) is 39.6 Å². The Labute approximate surface area is 218 Å². The van der Waals surface area contributed by atoms with E-state index in [-0.39, 0.29) is 21.2 Å².